The van der Waals surface area contributed by atoms with Crippen molar-refractivity contribution in [2.75, 3.05) is 31.1 Å². The fourth-order valence-corrected chi connectivity index (χ4v) is 7.18. The summed E-state index contributed by atoms with van der Waals surface area (Å²) < 4.78 is 5.20. The first-order valence-corrected chi connectivity index (χ1v) is 12.8. The molecule has 0 radical (unpaired) electrons. The molecule has 1 N–H and O–H groups in total. The third-order valence-corrected chi connectivity index (χ3v) is 9.13. The van der Waals surface area contributed by atoms with Gasteiger partial charge in [-0.1, -0.05) is 12.5 Å². The van der Waals surface area contributed by atoms with E-state index in [-0.39, 0.29) is 5.97 Å². The standard InChI is InChI=1S/C28H32N4O3/c1-18-22(6-7-23-24(18)16-35-27(23)34)25(33)15-32-14-20-3-2-4-21(32)11-28(20)9-10-31(17-28)26-8-5-19(12-29)13-30-26/h5-8,13,20-21,25,33H,2-4,9-11,14-17H2,1H3/t20?,21?,25-,28?/m0/s1. The van der Waals surface area contributed by atoms with Crippen molar-refractivity contribution in [1.29, 1.82) is 5.26 Å². The zero-order valence-corrected chi connectivity index (χ0v) is 20.2. The van der Waals surface area contributed by atoms with E-state index < -0.39 is 6.10 Å². The third-order valence-electron chi connectivity index (χ3n) is 9.13. The number of fused-ring (bicyclic) bond motifs is 4. The molecule has 0 amide bonds. The number of anilines is 1. The second-order valence-electron chi connectivity index (χ2n) is 10.9. The van der Waals surface area contributed by atoms with E-state index in [4.69, 9.17) is 10.00 Å². The number of aromatic nitrogens is 1. The Hall–Kier alpha value is -2.95. The van der Waals surface area contributed by atoms with E-state index in [1.165, 1.54) is 32.1 Å². The molecule has 7 rings (SSSR count). The van der Waals surface area contributed by atoms with Gasteiger partial charge in [-0.2, -0.15) is 5.26 Å². The predicted octanol–water partition coefficient (Wildman–Crippen LogP) is 3.74. The maximum atomic E-state index is 11.9. The number of aliphatic hydroxyl groups excluding tert-OH is 1. The predicted molar refractivity (Wildman–Crippen MR) is 131 cm³/mol. The fourth-order valence-electron chi connectivity index (χ4n) is 7.18. The molecule has 5 heterocycles. The highest BCUT2D eigenvalue weighted by Gasteiger charge is 2.51. The Morgan fingerprint density at radius 3 is 3.00 bits per heavy atom. The molecule has 3 saturated heterocycles. The van der Waals surface area contributed by atoms with Crippen molar-refractivity contribution in [2.45, 2.75) is 57.8 Å². The number of aliphatic hydroxyl groups is 1. The molecule has 2 aromatic rings. The fraction of sp³-hybridized carbons (Fsp3) is 0.536. The molecule has 4 fully saturated rings. The van der Waals surface area contributed by atoms with Crippen molar-refractivity contribution in [3.05, 3.63) is 58.3 Å². The molecule has 5 aliphatic rings. The molecule has 35 heavy (non-hydrogen) atoms. The van der Waals surface area contributed by atoms with Crippen LogP contribution in [0.25, 0.3) is 0 Å². The Labute approximate surface area is 206 Å². The van der Waals surface area contributed by atoms with Crippen LogP contribution in [-0.4, -0.2) is 53.2 Å². The average Bonchev–Trinajstić information content (AvgIpc) is 3.34. The Morgan fingerprint density at radius 1 is 1.31 bits per heavy atom. The van der Waals surface area contributed by atoms with Crippen LogP contribution in [0.4, 0.5) is 5.82 Å². The monoisotopic (exact) mass is 472 g/mol. The number of piperidine rings is 1. The van der Waals surface area contributed by atoms with Crippen LogP contribution >= 0.6 is 0 Å². The zero-order valence-electron chi connectivity index (χ0n) is 20.2. The second kappa shape index (κ2) is 8.61. The Balaban J connectivity index is 1.17. The lowest BCUT2D eigenvalue weighted by Crippen LogP contribution is -2.52. The smallest absolute Gasteiger partial charge is 0.338 e. The van der Waals surface area contributed by atoms with Gasteiger partial charge in [0.1, 0.15) is 18.5 Å². The highest BCUT2D eigenvalue weighted by atomic mass is 16.5. The molecule has 3 unspecified atom stereocenters. The maximum Gasteiger partial charge on any atom is 0.338 e. The minimum atomic E-state index is -0.575. The average molecular weight is 473 g/mol. The molecular weight excluding hydrogens is 440 g/mol. The van der Waals surface area contributed by atoms with Crippen molar-refractivity contribution in [1.82, 2.24) is 9.88 Å². The number of carbonyl (C=O) groups excluding carboxylic acids is 1. The van der Waals surface area contributed by atoms with E-state index in [2.05, 4.69) is 20.9 Å². The van der Waals surface area contributed by atoms with E-state index >= 15 is 0 Å². The number of pyridine rings is 1. The van der Waals surface area contributed by atoms with E-state index in [0.29, 0.717) is 41.7 Å². The highest BCUT2D eigenvalue weighted by molar-refractivity contribution is 5.93. The highest BCUT2D eigenvalue weighted by Crippen LogP contribution is 2.52. The van der Waals surface area contributed by atoms with Crippen molar-refractivity contribution in [3.8, 4) is 6.07 Å². The second-order valence-corrected chi connectivity index (χ2v) is 10.9. The lowest BCUT2D eigenvalue weighted by atomic mass is 9.67. The van der Waals surface area contributed by atoms with Crippen LogP contribution < -0.4 is 4.90 Å². The van der Waals surface area contributed by atoms with Crippen LogP contribution in [0.5, 0.6) is 0 Å². The number of hydrogen-bond donors (Lipinski definition) is 1. The van der Waals surface area contributed by atoms with Gasteiger partial charge >= 0.3 is 5.97 Å². The molecule has 1 saturated carbocycles. The lowest BCUT2D eigenvalue weighted by Gasteiger charge is -2.48. The van der Waals surface area contributed by atoms with Crippen LogP contribution in [0.3, 0.4) is 0 Å². The number of nitrogens with zero attached hydrogens (tertiary/aromatic N) is 4. The summed E-state index contributed by atoms with van der Waals surface area (Å²) in [5.74, 6) is 1.33. The van der Waals surface area contributed by atoms with Crippen molar-refractivity contribution >= 4 is 11.8 Å². The van der Waals surface area contributed by atoms with Gasteiger partial charge in [-0.15, -0.1) is 0 Å². The van der Waals surface area contributed by atoms with Crippen LogP contribution in [0, 0.1) is 29.6 Å². The summed E-state index contributed by atoms with van der Waals surface area (Å²) in [6.07, 6.45) is 7.13. The van der Waals surface area contributed by atoms with Gasteiger partial charge in [-0.05, 0) is 73.3 Å². The molecule has 7 nitrogen and oxygen atoms in total. The molecule has 1 aromatic heterocycles. The molecule has 182 valence electrons. The largest absolute Gasteiger partial charge is 0.457 e. The van der Waals surface area contributed by atoms with Gasteiger partial charge in [0.05, 0.1) is 17.2 Å². The molecule has 7 heteroatoms. The number of rotatable bonds is 4. The number of esters is 1. The number of hydrogen-bond acceptors (Lipinski definition) is 7. The van der Waals surface area contributed by atoms with Gasteiger partial charge in [-0.3, -0.25) is 4.90 Å². The summed E-state index contributed by atoms with van der Waals surface area (Å²) in [7, 11) is 0. The Morgan fingerprint density at radius 2 is 2.20 bits per heavy atom. The van der Waals surface area contributed by atoms with E-state index in [0.717, 1.165) is 42.1 Å². The van der Waals surface area contributed by atoms with Crippen molar-refractivity contribution < 1.29 is 14.6 Å². The summed E-state index contributed by atoms with van der Waals surface area (Å²) in [4.78, 5) is 21.4. The van der Waals surface area contributed by atoms with Crippen molar-refractivity contribution in [3.63, 3.8) is 0 Å². The third kappa shape index (κ3) is 3.80. The Kier molecular flexibility index (Phi) is 5.54. The van der Waals surface area contributed by atoms with Gasteiger partial charge in [0.15, 0.2) is 0 Å². The molecular formula is C28H32N4O3. The van der Waals surface area contributed by atoms with Crippen LogP contribution in [0.1, 0.15) is 70.8 Å². The summed E-state index contributed by atoms with van der Waals surface area (Å²) in [6, 6.07) is 10.2. The van der Waals surface area contributed by atoms with Gasteiger partial charge in [-0.25, -0.2) is 9.78 Å². The number of benzene rings is 1. The minimum absolute atomic E-state index is 0.263. The Bertz CT molecular complexity index is 1190. The number of nitriles is 1. The normalized spacial score (nSPS) is 28.6. The summed E-state index contributed by atoms with van der Waals surface area (Å²) in [5, 5.41) is 20.3. The molecule has 1 aliphatic carbocycles. The van der Waals surface area contributed by atoms with Gasteiger partial charge in [0, 0.05) is 44.0 Å². The molecule has 4 atom stereocenters. The molecule has 2 bridgehead atoms. The maximum absolute atomic E-state index is 11.9. The SMILES string of the molecule is Cc1c([C@@H](O)CN2CC3CCCC2CC32CCN(c3ccc(C#N)cn3)C2)ccc2c1COC2=O. The van der Waals surface area contributed by atoms with E-state index in [1.807, 2.05) is 31.2 Å². The first-order valence-electron chi connectivity index (χ1n) is 12.8. The summed E-state index contributed by atoms with van der Waals surface area (Å²) in [5.41, 5.74) is 4.36. The molecule has 1 spiro atoms. The number of ether oxygens (including phenoxy) is 1. The number of cyclic esters (lactones) is 1. The lowest BCUT2D eigenvalue weighted by molar-refractivity contribution is -0.00663. The van der Waals surface area contributed by atoms with Crippen LogP contribution in [0.15, 0.2) is 30.5 Å². The zero-order chi connectivity index (χ0) is 24.2. The minimum Gasteiger partial charge on any atom is -0.457 e. The van der Waals surface area contributed by atoms with Gasteiger partial charge < -0.3 is 14.7 Å². The van der Waals surface area contributed by atoms with Crippen molar-refractivity contribution in [2.24, 2.45) is 11.3 Å². The first-order chi connectivity index (χ1) is 17.0. The van der Waals surface area contributed by atoms with E-state index in [1.54, 1.807) is 6.20 Å². The summed E-state index contributed by atoms with van der Waals surface area (Å²) >= 11 is 0. The number of carbonyl (C=O) groups is 1. The first kappa shape index (κ1) is 22.5. The topological polar surface area (TPSA) is 89.7 Å². The molecule has 1 aromatic carbocycles. The molecule has 4 aliphatic heterocycles. The van der Waals surface area contributed by atoms with Crippen LogP contribution in [0.2, 0.25) is 0 Å². The van der Waals surface area contributed by atoms with Crippen LogP contribution in [-0.2, 0) is 11.3 Å². The van der Waals surface area contributed by atoms with Gasteiger partial charge in [0.25, 0.3) is 0 Å². The van der Waals surface area contributed by atoms with Gasteiger partial charge in [0.2, 0.25) is 0 Å². The quantitative estimate of drug-likeness (QED) is 0.678. The summed E-state index contributed by atoms with van der Waals surface area (Å²) in [6.45, 7) is 6.01. The van der Waals surface area contributed by atoms with E-state index in [9.17, 15) is 9.90 Å².